The van der Waals surface area contributed by atoms with Crippen LogP contribution in [0, 0.1) is 5.82 Å². The van der Waals surface area contributed by atoms with E-state index in [4.69, 9.17) is 11.6 Å². The van der Waals surface area contributed by atoms with Gasteiger partial charge in [-0.2, -0.15) is 0 Å². The molecule has 0 fully saturated rings. The number of amides is 1. The first-order valence-electron chi connectivity index (χ1n) is 7.91. The van der Waals surface area contributed by atoms with Gasteiger partial charge in [0.1, 0.15) is 5.82 Å². The Labute approximate surface area is 174 Å². The zero-order valence-corrected chi connectivity index (χ0v) is 17.3. The maximum absolute atomic E-state index is 14.4. The Morgan fingerprint density at radius 2 is 1.64 bits per heavy atom. The van der Waals surface area contributed by atoms with Gasteiger partial charge in [-0.05, 0) is 58.4 Å². The van der Waals surface area contributed by atoms with Crippen LogP contribution in [0.3, 0.4) is 0 Å². The van der Waals surface area contributed by atoms with Crippen LogP contribution in [0.5, 0.6) is 0 Å². The normalized spacial score (nSPS) is 11.1. The van der Waals surface area contributed by atoms with Crippen molar-refractivity contribution >= 4 is 54.8 Å². The monoisotopic (exact) mass is 482 g/mol. The van der Waals surface area contributed by atoms with Crippen molar-refractivity contribution in [1.29, 1.82) is 0 Å². The van der Waals surface area contributed by atoms with Crippen LogP contribution in [-0.4, -0.2) is 14.3 Å². The Morgan fingerprint density at radius 3 is 2.32 bits per heavy atom. The van der Waals surface area contributed by atoms with Gasteiger partial charge < -0.3 is 5.32 Å². The number of nitrogens with one attached hydrogen (secondary N) is 2. The molecular weight excluding hydrogens is 471 g/mol. The highest BCUT2D eigenvalue weighted by atomic mass is 79.9. The van der Waals surface area contributed by atoms with E-state index in [2.05, 4.69) is 26.0 Å². The zero-order valence-electron chi connectivity index (χ0n) is 14.1. The molecule has 0 bridgehead atoms. The topological polar surface area (TPSA) is 75.3 Å². The van der Waals surface area contributed by atoms with Crippen molar-refractivity contribution in [1.82, 2.24) is 0 Å². The number of hydrogen-bond acceptors (Lipinski definition) is 3. The lowest BCUT2D eigenvalue weighted by atomic mass is 10.2. The summed E-state index contributed by atoms with van der Waals surface area (Å²) in [5.74, 6) is -1.50. The Morgan fingerprint density at radius 1 is 0.964 bits per heavy atom. The molecule has 3 rings (SSSR count). The van der Waals surface area contributed by atoms with E-state index < -0.39 is 21.7 Å². The van der Waals surface area contributed by atoms with Crippen LogP contribution < -0.4 is 10.0 Å². The molecule has 0 saturated carbocycles. The van der Waals surface area contributed by atoms with E-state index in [-0.39, 0.29) is 21.2 Å². The molecule has 3 aromatic rings. The van der Waals surface area contributed by atoms with Crippen LogP contribution >= 0.6 is 27.5 Å². The number of carbonyl (C=O) groups excluding carboxylic acids is 1. The van der Waals surface area contributed by atoms with Crippen molar-refractivity contribution in [2.75, 3.05) is 10.0 Å². The summed E-state index contributed by atoms with van der Waals surface area (Å²) in [6.45, 7) is 0. The molecule has 0 aliphatic carbocycles. The van der Waals surface area contributed by atoms with Gasteiger partial charge >= 0.3 is 0 Å². The highest BCUT2D eigenvalue weighted by Gasteiger charge is 2.19. The summed E-state index contributed by atoms with van der Waals surface area (Å²) in [6, 6.07) is 16.2. The van der Waals surface area contributed by atoms with E-state index in [0.29, 0.717) is 10.2 Å². The first kappa shape index (κ1) is 20.3. The molecule has 0 unspecified atom stereocenters. The number of anilines is 2. The Hall–Kier alpha value is -2.42. The molecule has 0 aliphatic heterocycles. The standard InChI is InChI=1S/C19H13BrClFN2O3S/c20-14-6-2-4-8-17(14)24-28(26,27)12-9-10-18(16(22)11-12)23-19(25)13-5-1-3-7-15(13)21/h1-11,24H,(H,23,25). The molecule has 5 nitrogen and oxygen atoms in total. The van der Waals surface area contributed by atoms with E-state index in [9.17, 15) is 17.6 Å². The number of hydrogen-bond donors (Lipinski definition) is 2. The third-order valence-electron chi connectivity index (χ3n) is 3.74. The van der Waals surface area contributed by atoms with Gasteiger partial charge in [0, 0.05) is 4.47 Å². The maximum Gasteiger partial charge on any atom is 0.262 e. The summed E-state index contributed by atoms with van der Waals surface area (Å²) in [5.41, 5.74) is 0.333. The van der Waals surface area contributed by atoms with Crippen molar-refractivity contribution in [3.8, 4) is 0 Å². The molecule has 1 amide bonds. The Balaban J connectivity index is 1.83. The van der Waals surface area contributed by atoms with Crippen molar-refractivity contribution in [3.05, 3.63) is 87.6 Å². The molecule has 0 radical (unpaired) electrons. The quantitative estimate of drug-likeness (QED) is 0.517. The Bertz CT molecular complexity index is 1160. The van der Waals surface area contributed by atoms with Gasteiger partial charge in [-0.25, -0.2) is 12.8 Å². The molecule has 0 atom stereocenters. The predicted octanol–water partition coefficient (Wildman–Crippen LogP) is 5.29. The second kappa shape index (κ2) is 8.30. The van der Waals surface area contributed by atoms with Gasteiger partial charge in [-0.3, -0.25) is 9.52 Å². The third kappa shape index (κ3) is 4.52. The number of halogens is 3. The van der Waals surface area contributed by atoms with E-state index in [0.717, 1.165) is 6.07 Å². The molecule has 3 aromatic carbocycles. The number of benzene rings is 3. The maximum atomic E-state index is 14.4. The SMILES string of the molecule is O=C(Nc1ccc(S(=O)(=O)Nc2ccccc2Br)cc1F)c1ccccc1Cl. The minimum atomic E-state index is -4.02. The first-order valence-corrected chi connectivity index (χ1v) is 10.6. The molecule has 0 spiro atoms. The number of rotatable bonds is 5. The first-order chi connectivity index (χ1) is 13.3. The second-order valence-corrected chi connectivity index (χ2v) is 8.60. The van der Waals surface area contributed by atoms with Crippen LogP contribution in [0.4, 0.5) is 15.8 Å². The van der Waals surface area contributed by atoms with Gasteiger partial charge in [0.05, 0.1) is 26.9 Å². The minimum Gasteiger partial charge on any atom is -0.319 e. The van der Waals surface area contributed by atoms with Gasteiger partial charge in [0.25, 0.3) is 15.9 Å². The van der Waals surface area contributed by atoms with Crippen molar-refractivity contribution < 1.29 is 17.6 Å². The minimum absolute atomic E-state index is 0.162. The number of sulfonamides is 1. The fourth-order valence-electron chi connectivity index (χ4n) is 2.35. The molecule has 9 heteroatoms. The van der Waals surface area contributed by atoms with Crippen LogP contribution in [0.2, 0.25) is 5.02 Å². The summed E-state index contributed by atoms with van der Waals surface area (Å²) < 4.78 is 42.4. The summed E-state index contributed by atoms with van der Waals surface area (Å²) in [6.07, 6.45) is 0. The van der Waals surface area contributed by atoms with Gasteiger partial charge in [-0.15, -0.1) is 0 Å². The lowest BCUT2D eigenvalue weighted by Gasteiger charge is -2.12. The fraction of sp³-hybridized carbons (Fsp3) is 0. The molecule has 144 valence electrons. The molecular formula is C19H13BrClFN2O3S. The van der Waals surface area contributed by atoms with Crippen molar-refractivity contribution in [2.24, 2.45) is 0 Å². The summed E-state index contributed by atoms with van der Waals surface area (Å²) in [7, 11) is -4.02. The lowest BCUT2D eigenvalue weighted by molar-refractivity contribution is 0.102. The van der Waals surface area contributed by atoms with Gasteiger partial charge in [0.15, 0.2) is 0 Å². The van der Waals surface area contributed by atoms with Crippen LogP contribution in [0.15, 0.2) is 76.1 Å². The molecule has 0 saturated heterocycles. The van der Waals surface area contributed by atoms with E-state index in [1.807, 2.05) is 0 Å². The molecule has 0 aliphatic rings. The summed E-state index contributed by atoms with van der Waals surface area (Å²) in [4.78, 5) is 12.0. The van der Waals surface area contributed by atoms with Crippen LogP contribution in [-0.2, 0) is 10.0 Å². The van der Waals surface area contributed by atoms with Gasteiger partial charge in [0.2, 0.25) is 0 Å². The summed E-state index contributed by atoms with van der Waals surface area (Å²) >= 11 is 9.20. The van der Waals surface area contributed by atoms with E-state index in [1.165, 1.54) is 24.3 Å². The zero-order chi connectivity index (χ0) is 20.3. The Kier molecular flexibility index (Phi) is 6.02. The third-order valence-corrected chi connectivity index (χ3v) is 6.12. The lowest BCUT2D eigenvalue weighted by Crippen LogP contribution is -2.16. The summed E-state index contributed by atoms with van der Waals surface area (Å²) in [5, 5.41) is 2.60. The van der Waals surface area contributed by atoms with Crippen molar-refractivity contribution in [2.45, 2.75) is 4.90 Å². The van der Waals surface area contributed by atoms with E-state index >= 15 is 0 Å². The smallest absolute Gasteiger partial charge is 0.262 e. The average molecular weight is 484 g/mol. The largest absolute Gasteiger partial charge is 0.319 e. The predicted molar refractivity (Wildman–Crippen MR) is 111 cm³/mol. The van der Waals surface area contributed by atoms with Crippen LogP contribution in [0.25, 0.3) is 0 Å². The molecule has 0 heterocycles. The second-order valence-electron chi connectivity index (χ2n) is 5.66. The average Bonchev–Trinajstić information content (AvgIpc) is 2.65. The van der Waals surface area contributed by atoms with Crippen LogP contribution in [0.1, 0.15) is 10.4 Å². The highest BCUT2D eigenvalue weighted by Crippen LogP contribution is 2.26. The highest BCUT2D eigenvalue weighted by molar-refractivity contribution is 9.10. The van der Waals surface area contributed by atoms with Gasteiger partial charge in [-0.1, -0.05) is 35.9 Å². The van der Waals surface area contributed by atoms with E-state index in [1.54, 1.807) is 36.4 Å². The molecule has 2 N–H and O–H groups in total. The number of para-hydroxylation sites is 1. The molecule has 0 aromatic heterocycles. The fourth-order valence-corrected chi connectivity index (χ4v) is 4.17. The molecule has 28 heavy (non-hydrogen) atoms. The number of carbonyl (C=O) groups is 1. The van der Waals surface area contributed by atoms with Crippen molar-refractivity contribution in [3.63, 3.8) is 0 Å².